The van der Waals surface area contributed by atoms with Crippen LogP contribution in [0.2, 0.25) is 5.02 Å². The largest absolute Gasteiger partial charge is 0.496 e. The quantitative estimate of drug-likeness (QED) is 0.923. The Labute approximate surface area is 116 Å². The number of rotatable bonds is 4. The highest BCUT2D eigenvalue weighted by Crippen LogP contribution is 2.26. The van der Waals surface area contributed by atoms with Gasteiger partial charge in [-0.2, -0.15) is 11.8 Å². The molecule has 1 fully saturated rings. The van der Waals surface area contributed by atoms with Gasteiger partial charge in [0, 0.05) is 22.9 Å². The van der Waals surface area contributed by atoms with Crippen molar-refractivity contribution < 1.29 is 14.6 Å². The zero-order valence-corrected chi connectivity index (χ0v) is 11.8. The Morgan fingerprint density at radius 1 is 1.61 bits per heavy atom. The highest BCUT2D eigenvalue weighted by Gasteiger charge is 2.24. The molecule has 1 saturated heterocycles. The van der Waals surface area contributed by atoms with Crippen molar-refractivity contribution in [3.8, 4) is 5.75 Å². The maximum Gasteiger partial charge on any atom is 0.122 e. The highest BCUT2D eigenvalue weighted by molar-refractivity contribution is 7.99. The average Bonchev–Trinajstić information content (AvgIpc) is 2.40. The second-order valence-electron chi connectivity index (χ2n) is 4.21. The molecule has 3 nitrogen and oxygen atoms in total. The third kappa shape index (κ3) is 3.54. The molecule has 1 aliphatic rings. The van der Waals surface area contributed by atoms with E-state index in [0.29, 0.717) is 18.1 Å². The first-order valence-corrected chi connectivity index (χ1v) is 7.44. The molecule has 0 bridgehead atoms. The van der Waals surface area contributed by atoms with E-state index in [1.54, 1.807) is 13.2 Å². The van der Waals surface area contributed by atoms with Gasteiger partial charge in [-0.25, -0.2) is 0 Å². The number of methoxy groups -OCH3 is 1. The Morgan fingerprint density at radius 2 is 2.44 bits per heavy atom. The van der Waals surface area contributed by atoms with Crippen LogP contribution in [0, 0.1) is 0 Å². The lowest BCUT2D eigenvalue weighted by molar-refractivity contribution is -0.0209. The summed E-state index contributed by atoms with van der Waals surface area (Å²) in [6.45, 7) is 0.707. The molecule has 1 aromatic carbocycles. The first-order valence-electron chi connectivity index (χ1n) is 5.90. The van der Waals surface area contributed by atoms with E-state index in [9.17, 15) is 5.11 Å². The van der Waals surface area contributed by atoms with Crippen molar-refractivity contribution in [2.75, 3.05) is 25.2 Å². The number of halogens is 1. The Morgan fingerprint density at radius 3 is 3.11 bits per heavy atom. The van der Waals surface area contributed by atoms with Gasteiger partial charge in [-0.15, -0.1) is 0 Å². The van der Waals surface area contributed by atoms with Gasteiger partial charge >= 0.3 is 0 Å². The van der Waals surface area contributed by atoms with Gasteiger partial charge in [0.2, 0.25) is 0 Å². The fourth-order valence-corrected chi connectivity index (χ4v) is 3.12. The Hall–Kier alpha value is -0.420. The normalized spacial score (nSPS) is 21.6. The lowest BCUT2D eigenvalue weighted by atomic mass is 10.0. The fraction of sp³-hybridized carbons (Fsp3) is 0.538. The molecule has 2 unspecified atom stereocenters. The van der Waals surface area contributed by atoms with Crippen LogP contribution in [0.15, 0.2) is 18.2 Å². The predicted molar refractivity (Wildman–Crippen MR) is 74.8 cm³/mol. The Kier molecular flexibility index (Phi) is 5.18. The average molecular weight is 289 g/mol. The molecule has 2 rings (SSSR count). The molecule has 0 radical (unpaired) electrons. The fourth-order valence-electron chi connectivity index (χ4n) is 1.99. The summed E-state index contributed by atoms with van der Waals surface area (Å²) in [7, 11) is 1.62. The summed E-state index contributed by atoms with van der Waals surface area (Å²) in [6.07, 6.45) is -0.132. The summed E-state index contributed by atoms with van der Waals surface area (Å²) >= 11 is 7.78. The first-order chi connectivity index (χ1) is 8.70. The van der Waals surface area contributed by atoms with E-state index < -0.39 is 6.10 Å². The van der Waals surface area contributed by atoms with E-state index in [4.69, 9.17) is 21.1 Å². The molecular formula is C13H17ClO3S. The zero-order chi connectivity index (χ0) is 13.0. The minimum Gasteiger partial charge on any atom is -0.496 e. The molecule has 1 N–H and O–H groups in total. The molecule has 0 aromatic heterocycles. The van der Waals surface area contributed by atoms with Crippen molar-refractivity contribution >= 4 is 23.4 Å². The number of hydrogen-bond acceptors (Lipinski definition) is 4. The second-order valence-corrected chi connectivity index (χ2v) is 5.80. The van der Waals surface area contributed by atoms with E-state index in [2.05, 4.69) is 0 Å². The molecule has 2 atom stereocenters. The van der Waals surface area contributed by atoms with Crippen molar-refractivity contribution in [3.05, 3.63) is 28.8 Å². The standard InChI is InChI=1S/C13H17ClO3S/c1-16-12-3-2-10(14)6-9(12)7-11(15)13-8-18-5-4-17-13/h2-3,6,11,13,15H,4-5,7-8H2,1H3. The van der Waals surface area contributed by atoms with Gasteiger partial charge in [0.15, 0.2) is 0 Å². The van der Waals surface area contributed by atoms with Crippen LogP contribution < -0.4 is 4.74 Å². The molecule has 5 heteroatoms. The van der Waals surface area contributed by atoms with Crippen LogP contribution in [0.25, 0.3) is 0 Å². The van der Waals surface area contributed by atoms with Crippen LogP contribution in [0.1, 0.15) is 5.56 Å². The van der Waals surface area contributed by atoms with Gasteiger partial charge in [0.05, 0.1) is 25.9 Å². The van der Waals surface area contributed by atoms with Crippen LogP contribution in [0.4, 0.5) is 0 Å². The number of hydrogen-bond donors (Lipinski definition) is 1. The van der Waals surface area contributed by atoms with E-state index in [1.807, 2.05) is 23.9 Å². The van der Waals surface area contributed by atoms with E-state index in [0.717, 1.165) is 22.8 Å². The molecule has 1 heterocycles. The number of ether oxygens (including phenoxy) is 2. The molecule has 18 heavy (non-hydrogen) atoms. The highest BCUT2D eigenvalue weighted by atomic mass is 35.5. The van der Waals surface area contributed by atoms with E-state index in [1.165, 1.54) is 0 Å². The van der Waals surface area contributed by atoms with E-state index in [-0.39, 0.29) is 6.10 Å². The van der Waals surface area contributed by atoms with Crippen molar-refractivity contribution in [3.63, 3.8) is 0 Å². The summed E-state index contributed by atoms with van der Waals surface area (Å²) in [6, 6.07) is 5.43. The molecule has 100 valence electrons. The maximum absolute atomic E-state index is 10.2. The summed E-state index contributed by atoms with van der Waals surface area (Å²) in [5.74, 6) is 2.59. The van der Waals surface area contributed by atoms with Crippen LogP contribution >= 0.6 is 23.4 Å². The third-order valence-corrected chi connectivity index (χ3v) is 4.20. The maximum atomic E-state index is 10.2. The van der Waals surface area contributed by atoms with Crippen LogP contribution in [-0.2, 0) is 11.2 Å². The molecule has 0 spiro atoms. The Balaban J connectivity index is 2.05. The van der Waals surface area contributed by atoms with Gasteiger partial charge in [-0.3, -0.25) is 0 Å². The van der Waals surface area contributed by atoms with Gasteiger partial charge in [-0.1, -0.05) is 11.6 Å². The minimum atomic E-state index is -0.523. The van der Waals surface area contributed by atoms with Gasteiger partial charge in [0.1, 0.15) is 5.75 Å². The van der Waals surface area contributed by atoms with Crippen LogP contribution in [-0.4, -0.2) is 42.5 Å². The lowest BCUT2D eigenvalue weighted by Gasteiger charge is -2.27. The molecule has 1 aromatic rings. The summed E-state index contributed by atoms with van der Waals surface area (Å²) < 4.78 is 10.8. The van der Waals surface area contributed by atoms with Crippen molar-refractivity contribution in [1.82, 2.24) is 0 Å². The van der Waals surface area contributed by atoms with Gasteiger partial charge in [0.25, 0.3) is 0 Å². The number of benzene rings is 1. The molecule has 0 amide bonds. The van der Waals surface area contributed by atoms with Crippen molar-refractivity contribution in [2.24, 2.45) is 0 Å². The van der Waals surface area contributed by atoms with Gasteiger partial charge in [-0.05, 0) is 23.8 Å². The van der Waals surface area contributed by atoms with Gasteiger partial charge < -0.3 is 14.6 Å². The summed E-state index contributed by atoms with van der Waals surface area (Å²) in [5, 5.41) is 10.9. The molecule has 0 aliphatic carbocycles. The van der Waals surface area contributed by atoms with Crippen molar-refractivity contribution in [1.29, 1.82) is 0 Å². The smallest absolute Gasteiger partial charge is 0.122 e. The Bertz CT molecular complexity index is 394. The van der Waals surface area contributed by atoms with Crippen molar-refractivity contribution in [2.45, 2.75) is 18.6 Å². The topological polar surface area (TPSA) is 38.7 Å². The summed E-state index contributed by atoms with van der Waals surface area (Å²) in [5.41, 5.74) is 0.914. The zero-order valence-electron chi connectivity index (χ0n) is 10.3. The predicted octanol–water partition coefficient (Wildman–Crippen LogP) is 2.38. The number of aliphatic hydroxyl groups is 1. The summed E-state index contributed by atoms with van der Waals surface area (Å²) in [4.78, 5) is 0. The second kappa shape index (κ2) is 6.66. The number of aliphatic hydroxyl groups excluding tert-OH is 1. The van der Waals surface area contributed by atoms with Crippen LogP contribution in [0.3, 0.4) is 0 Å². The molecular weight excluding hydrogens is 272 g/mol. The molecule has 0 saturated carbocycles. The van der Waals surface area contributed by atoms with E-state index >= 15 is 0 Å². The SMILES string of the molecule is COc1ccc(Cl)cc1CC(O)C1CSCCO1. The lowest BCUT2D eigenvalue weighted by Crippen LogP contribution is -2.36. The number of thioether (sulfide) groups is 1. The molecule has 1 aliphatic heterocycles. The van der Waals surface area contributed by atoms with Crippen LogP contribution in [0.5, 0.6) is 5.75 Å². The first kappa shape index (κ1) is 14.0. The third-order valence-electron chi connectivity index (χ3n) is 2.94. The minimum absolute atomic E-state index is 0.104. The monoisotopic (exact) mass is 288 g/mol.